The van der Waals surface area contributed by atoms with Crippen LogP contribution in [0.5, 0.6) is 0 Å². The Morgan fingerprint density at radius 2 is 1.90 bits per heavy atom. The molecule has 10 heteroatoms. The Morgan fingerprint density at radius 3 is 2.58 bits per heavy atom. The Balaban J connectivity index is 1.55. The molecule has 0 atom stereocenters. The van der Waals surface area contributed by atoms with E-state index in [9.17, 15) is 13.2 Å². The van der Waals surface area contributed by atoms with Crippen LogP contribution in [0.2, 0.25) is 0 Å². The van der Waals surface area contributed by atoms with Gasteiger partial charge in [0.05, 0.1) is 0 Å². The molecular formula is C21H19F3N6O. The summed E-state index contributed by atoms with van der Waals surface area (Å²) in [5.41, 5.74) is 2.58. The third kappa shape index (κ3) is 3.00. The van der Waals surface area contributed by atoms with Crippen LogP contribution in [0.25, 0.3) is 34.1 Å². The van der Waals surface area contributed by atoms with E-state index < -0.39 is 11.6 Å². The van der Waals surface area contributed by atoms with E-state index in [0.717, 1.165) is 22.3 Å². The molecule has 4 heterocycles. The van der Waals surface area contributed by atoms with Crippen molar-refractivity contribution in [3.8, 4) is 22.9 Å². The van der Waals surface area contributed by atoms with Crippen molar-refractivity contribution in [1.29, 1.82) is 0 Å². The summed E-state index contributed by atoms with van der Waals surface area (Å²) in [6.45, 7) is 3.93. The summed E-state index contributed by atoms with van der Waals surface area (Å²) < 4.78 is 46.9. The van der Waals surface area contributed by atoms with Gasteiger partial charge in [-0.1, -0.05) is 12.1 Å². The van der Waals surface area contributed by atoms with Crippen molar-refractivity contribution in [3.63, 3.8) is 0 Å². The first-order valence-corrected chi connectivity index (χ1v) is 9.93. The van der Waals surface area contributed by atoms with Crippen LogP contribution in [-0.2, 0) is 18.9 Å². The third-order valence-corrected chi connectivity index (χ3v) is 5.79. The topological polar surface area (TPSA) is 82.5 Å². The first kappa shape index (κ1) is 19.7. The highest BCUT2D eigenvalue weighted by Gasteiger charge is 2.68. The van der Waals surface area contributed by atoms with Gasteiger partial charge in [-0.25, -0.2) is 9.97 Å². The van der Waals surface area contributed by atoms with E-state index in [1.807, 2.05) is 37.6 Å². The molecule has 0 spiro atoms. The minimum atomic E-state index is -4.40. The van der Waals surface area contributed by atoms with E-state index in [4.69, 9.17) is 4.52 Å². The molecular weight excluding hydrogens is 409 g/mol. The monoisotopic (exact) mass is 428 g/mol. The fourth-order valence-corrected chi connectivity index (χ4v) is 3.77. The van der Waals surface area contributed by atoms with Crippen LogP contribution in [-0.4, -0.2) is 35.8 Å². The van der Waals surface area contributed by atoms with Crippen molar-refractivity contribution >= 4 is 11.2 Å². The average molecular weight is 428 g/mol. The summed E-state index contributed by atoms with van der Waals surface area (Å²) in [6.07, 6.45) is -0.505. The molecule has 1 fully saturated rings. The Kier molecular flexibility index (Phi) is 4.18. The number of aromatic nitrogens is 6. The molecule has 1 saturated carbocycles. The highest BCUT2D eigenvalue weighted by Crippen LogP contribution is 2.58. The smallest absolute Gasteiger partial charge is 0.338 e. The number of pyridine rings is 2. The predicted octanol–water partition coefficient (Wildman–Crippen LogP) is 4.55. The fraction of sp³-hybridized carbons (Fsp3) is 0.381. The van der Waals surface area contributed by atoms with E-state index in [-0.39, 0.29) is 24.6 Å². The Morgan fingerprint density at radius 1 is 1.13 bits per heavy atom. The van der Waals surface area contributed by atoms with Gasteiger partial charge in [0.2, 0.25) is 11.7 Å². The number of nitrogens with zero attached hydrogens (tertiary/aromatic N) is 6. The normalized spacial score (nSPS) is 15.5. The van der Waals surface area contributed by atoms with Gasteiger partial charge in [-0.05, 0) is 49.4 Å². The zero-order chi connectivity index (χ0) is 22.0. The second-order valence-corrected chi connectivity index (χ2v) is 7.94. The number of hydrogen-bond donors (Lipinski definition) is 0. The number of aryl methyl sites for hydroxylation is 3. The second-order valence-electron chi connectivity index (χ2n) is 7.94. The first-order valence-electron chi connectivity index (χ1n) is 9.93. The molecule has 4 aromatic heterocycles. The van der Waals surface area contributed by atoms with Crippen molar-refractivity contribution in [1.82, 2.24) is 29.7 Å². The van der Waals surface area contributed by atoms with E-state index in [1.54, 1.807) is 6.20 Å². The molecule has 0 saturated heterocycles. The molecule has 0 amide bonds. The number of alkyl halides is 3. The van der Waals surface area contributed by atoms with Gasteiger partial charge in [-0.3, -0.25) is 4.98 Å². The Hall–Kier alpha value is -3.30. The summed E-state index contributed by atoms with van der Waals surface area (Å²) in [7, 11) is 1.87. The molecule has 0 unspecified atom stereocenters. The van der Waals surface area contributed by atoms with Crippen LogP contribution in [0.1, 0.15) is 36.8 Å². The SMILES string of the molecule is CCc1cc(-c2noc(C3(C(F)(F)F)CC3)n2)cnc1-c1nc2cc(C)cnc2n1C. The first-order chi connectivity index (χ1) is 14.7. The van der Waals surface area contributed by atoms with Crippen molar-refractivity contribution in [2.24, 2.45) is 7.05 Å². The molecule has 7 nitrogen and oxygen atoms in total. The number of hydrogen-bond acceptors (Lipinski definition) is 6. The van der Waals surface area contributed by atoms with Crippen molar-refractivity contribution in [2.75, 3.05) is 0 Å². The van der Waals surface area contributed by atoms with Gasteiger partial charge in [0.25, 0.3) is 0 Å². The number of imidazole rings is 1. The van der Waals surface area contributed by atoms with Gasteiger partial charge in [-0.15, -0.1) is 0 Å². The van der Waals surface area contributed by atoms with E-state index in [0.29, 0.717) is 23.5 Å². The number of rotatable bonds is 4. The molecule has 0 aromatic carbocycles. The minimum Gasteiger partial charge on any atom is -0.338 e. The lowest BCUT2D eigenvalue weighted by atomic mass is 10.1. The average Bonchev–Trinajstić information content (AvgIpc) is 3.31. The lowest BCUT2D eigenvalue weighted by Gasteiger charge is -2.13. The van der Waals surface area contributed by atoms with Gasteiger partial charge in [-0.2, -0.15) is 18.2 Å². The highest BCUT2D eigenvalue weighted by molar-refractivity contribution is 5.77. The lowest BCUT2D eigenvalue weighted by molar-refractivity contribution is -0.166. The maximum absolute atomic E-state index is 13.3. The van der Waals surface area contributed by atoms with Crippen molar-refractivity contribution < 1.29 is 17.7 Å². The van der Waals surface area contributed by atoms with Crippen molar-refractivity contribution in [3.05, 3.63) is 41.5 Å². The van der Waals surface area contributed by atoms with Gasteiger partial charge in [0.15, 0.2) is 11.5 Å². The van der Waals surface area contributed by atoms with Crippen LogP contribution in [0.3, 0.4) is 0 Å². The molecule has 1 aliphatic carbocycles. The zero-order valence-electron chi connectivity index (χ0n) is 17.2. The summed E-state index contributed by atoms with van der Waals surface area (Å²) in [4.78, 5) is 17.7. The molecule has 0 radical (unpaired) electrons. The largest absolute Gasteiger partial charge is 0.403 e. The van der Waals surface area contributed by atoms with Gasteiger partial charge >= 0.3 is 6.18 Å². The maximum Gasteiger partial charge on any atom is 0.403 e. The predicted molar refractivity (Wildman–Crippen MR) is 106 cm³/mol. The molecule has 1 aliphatic rings. The van der Waals surface area contributed by atoms with E-state index >= 15 is 0 Å². The standard InChI is InChI=1S/C21H19F3N6O/c1-4-12-8-13(16-28-19(31-29-16)20(5-6-20)21(22,23)24)10-25-15(12)18-27-14-7-11(2)9-26-17(14)30(18)3/h7-10H,4-6H2,1-3H3. The zero-order valence-corrected chi connectivity index (χ0v) is 17.2. The van der Waals surface area contributed by atoms with Crippen LogP contribution in [0.4, 0.5) is 13.2 Å². The number of halogens is 3. The molecule has 4 aromatic rings. The molecule has 0 bridgehead atoms. The minimum absolute atomic E-state index is 0.0320. The highest BCUT2D eigenvalue weighted by atomic mass is 19.4. The van der Waals surface area contributed by atoms with Gasteiger partial charge in [0, 0.05) is 25.0 Å². The maximum atomic E-state index is 13.3. The molecule has 31 heavy (non-hydrogen) atoms. The molecule has 0 N–H and O–H groups in total. The molecule has 0 aliphatic heterocycles. The second kappa shape index (κ2) is 6.60. The lowest BCUT2D eigenvalue weighted by Crippen LogP contribution is -2.28. The van der Waals surface area contributed by atoms with Crippen LogP contribution in [0, 0.1) is 6.92 Å². The quantitative estimate of drug-likeness (QED) is 0.474. The summed E-state index contributed by atoms with van der Waals surface area (Å²) in [6, 6.07) is 3.78. The summed E-state index contributed by atoms with van der Waals surface area (Å²) in [5, 5.41) is 3.79. The van der Waals surface area contributed by atoms with Crippen molar-refractivity contribution in [2.45, 2.75) is 44.7 Å². The Bertz CT molecular complexity index is 1300. The van der Waals surface area contributed by atoms with Gasteiger partial charge < -0.3 is 9.09 Å². The van der Waals surface area contributed by atoms with Gasteiger partial charge in [0.1, 0.15) is 16.6 Å². The molecule has 160 valence electrons. The Labute approximate surface area is 175 Å². The number of fused-ring (bicyclic) bond motifs is 1. The van der Waals surface area contributed by atoms with Crippen LogP contribution >= 0.6 is 0 Å². The van der Waals surface area contributed by atoms with E-state index in [2.05, 4.69) is 25.1 Å². The van der Waals surface area contributed by atoms with Crippen LogP contribution in [0.15, 0.2) is 29.0 Å². The summed E-state index contributed by atoms with van der Waals surface area (Å²) in [5.74, 6) is 0.384. The van der Waals surface area contributed by atoms with Crippen LogP contribution < -0.4 is 0 Å². The summed E-state index contributed by atoms with van der Waals surface area (Å²) >= 11 is 0. The fourth-order valence-electron chi connectivity index (χ4n) is 3.77. The third-order valence-electron chi connectivity index (χ3n) is 5.79. The molecule has 5 rings (SSSR count). The van der Waals surface area contributed by atoms with E-state index in [1.165, 1.54) is 6.20 Å².